The third-order valence-corrected chi connectivity index (χ3v) is 3.24. The van der Waals surface area contributed by atoms with Crippen LogP contribution >= 0.6 is 11.3 Å². The maximum Gasteiger partial charge on any atom is 0.443 e. The van der Waals surface area contributed by atoms with E-state index in [1.807, 2.05) is 6.92 Å². The van der Waals surface area contributed by atoms with Gasteiger partial charge < -0.3 is 5.11 Å². The maximum atomic E-state index is 12.2. The van der Waals surface area contributed by atoms with Crippen LogP contribution in [0.2, 0.25) is 0 Å². The Hall–Kier alpha value is -0.620. The smallest absolute Gasteiger partial charge is 0.393 e. The molecule has 0 aliphatic heterocycles. The Morgan fingerprint density at radius 1 is 1.44 bits per heavy atom. The van der Waals surface area contributed by atoms with E-state index in [9.17, 15) is 18.3 Å². The molecule has 0 saturated carbocycles. The molecule has 1 rings (SSSR count). The molecule has 0 spiro atoms. The van der Waals surface area contributed by atoms with Crippen LogP contribution in [0.4, 0.5) is 13.2 Å². The summed E-state index contributed by atoms with van der Waals surface area (Å²) in [6.07, 6.45) is -1.04. The summed E-state index contributed by atoms with van der Waals surface area (Å²) in [6.45, 7) is 1.96. The van der Waals surface area contributed by atoms with Gasteiger partial charge in [-0.25, -0.2) is 4.98 Å². The predicted octanol–water partition coefficient (Wildman–Crippen LogP) is 3.26. The molecule has 0 aromatic carbocycles. The summed E-state index contributed by atoms with van der Waals surface area (Å²) in [5.41, 5.74) is 0. The Labute approximate surface area is 96.1 Å². The predicted molar refractivity (Wildman–Crippen MR) is 56.4 cm³/mol. The summed E-state index contributed by atoms with van der Waals surface area (Å²) in [4.78, 5) is 3.90. The number of nitrogens with zero attached hydrogens (tertiary/aromatic N) is 1. The Morgan fingerprint density at radius 2 is 2.12 bits per heavy atom. The third kappa shape index (κ3) is 4.09. The van der Waals surface area contributed by atoms with Crippen LogP contribution in [0, 0.1) is 0 Å². The second-order valence-electron chi connectivity index (χ2n) is 3.61. The fourth-order valence-electron chi connectivity index (χ4n) is 1.34. The lowest BCUT2D eigenvalue weighted by molar-refractivity contribution is -0.137. The van der Waals surface area contributed by atoms with Crippen molar-refractivity contribution in [2.75, 3.05) is 0 Å². The lowest BCUT2D eigenvalue weighted by Gasteiger charge is -2.06. The summed E-state index contributed by atoms with van der Waals surface area (Å²) >= 11 is 0.653. The summed E-state index contributed by atoms with van der Waals surface area (Å²) in [7, 11) is 0. The molecule has 0 radical (unpaired) electrons. The molecule has 16 heavy (non-hydrogen) atoms. The van der Waals surface area contributed by atoms with Crippen molar-refractivity contribution in [1.82, 2.24) is 4.98 Å². The highest BCUT2D eigenvalue weighted by Crippen LogP contribution is 2.32. The normalized spacial score (nSPS) is 14.1. The van der Waals surface area contributed by atoms with Gasteiger partial charge in [0, 0.05) is 11.1 Å². The number of aryl methyl sites for hydroxylation is 1. The molecule has 0 bridgehead atoms. The molecular weight excluding hydrogens is 239 g/mol. The van der Waals surface area contributed by atoms with Gasteiger partial charge in [-0.1, -0.05) is 13.3 Å². The molecule has 0 fully saturated rings. The lowest BCUT2D eigenvalue weighted by atomic mass is 10.1. The van der Waals surface area contributed by atoms with Gasteiger partial charge in [0.1, 0.15) is 0 Å². The largest absolute Gasteiger partial charge is 0.443 e. The average Bonchev–Trinajstić information content (AvgIpc) is 2.63. The SMILES string of the molecule is CCCC(O)CCc1cnc(C(F)(F)F)s1. The van der Waals surface area contributed by atoms with E-state index in [1.165, 1.54) is 6.20 Å². The van der Waals surface area contributed by atoms with E-state index in [0.717, 1.165) is 6.42 Å². The molecule has 1 aromatic heterocycles. The fourth-order valence-corrected chi connectivity index (χ4v) is 2.14. The van der Waals surface area contributed by atoms with Gasteiger partial charge in [-0.2, -0.15) is 13.2 Å². The molecule has 92 valence electrons. The van der Waals surface area contributed by atoms with Crippen LogP contribution in [0.1, 0.15) is 36.1 Å². The Bertz CT molecular complexity index is 324. The number of halogens is 3. The molecule has 2 nitrogen and oxygen atoms in total. The van der Waals surface area contributed by atoms with E-state index in [4.69, 9.17) is 0 Å². The van der Waals surface area contributed by atoms with Gasteiger partial charge in [-0.05, 0) is 19.3 Å². The fraction of sp³-hybridized carbons (Fsp3) is 0.700. The molecule has 0 aliphatic rings. The van der Waals surface area contributed by atoms with E-state index in [2.05, 4.69) is 4.98 Å². The van der Waals surface area contributed by atoms with Crippen LogP contribution in [-0.4, -0.2) is 16.2 Å². The first kappa shape index (κ1) is 13.4. The first-order valence-electron chi connectivity index (χ1n) is 5.13. The topological polar surface area (TPSA) is 33.1 Å². The second-order valence-corrected chi connectivity index (χ2v) is 4.73. The number of hydrogen-bond acceptors (Lipinski definition) is 3. The molecule has 1 aromatic rings. The minimum atomic E-state index is -4.36. The van der Waals surface area contributed by atoms with Crippen LogP contribution in [-0.2, 0) is 12.6 Å². The number of aliphatic hydroxyl groups is 1. The van der Waals surface area contributed by atoms with Gasteiger partial charge >= 0.3 is 6.18 Å². The molecule has 1 N–H and O–H groups in total. The van der Waals surface area contributed by atoms with Crippen molar-refractivity contribution in [1.29, 1.82) is 0 Å². The number of thiazole rings is 1. The van der Waals surface area contributed by atoms with Crippen LogP contribution in [0.3, 0.4) is 0 Å². The monoisotopic (exact) mass is 253 g/mol. The van der Waals surface area contributed by atoms with E-state index < -0.39 is 17.3 Å². The van der Waals surface area contributed by atoms with E-state index >= 15 is 0 Å². The molecule has 0 aliphatic carbocycles. The van der Waals surface area contributed by atoms with E-state index in [0.29, 0.717) is 35.5 Å². The van der Waals surface area contributed by atoms with Crippen molar-refractivity contribution >= 4 is 11.3 Å². The van der Waals surface area contributed by atoms with Crippen molar-refractivity contribution in [2.24, 2.45) is 0 Å². The average molecular weight is 253 g/mol. The van der Waals surface area contributed by atoms with Crippen molar-refractivity contribution in [3.63, 3.8) is 0 Å². The molecular formula is C10H14F3NOS. The van der Waals surface area contributed by atoms with Gasteiger partial charge in [0.05, 0.1) is 6.10 Å². The number of aromatic nitrogens is 1. The quantitative estimate of drug-likeness (QED) is 0.873. The molecule has 0 amide bonds. The minimum absolute atomic E-state index is 0.429. The molecule has 6 heteroatoms. The summed E-state index contributed by atoms with van der Waals surface area (Å²) < 4.78 is 36.7. The van der Waals surface area contributed by atoms with Crippen molar-refractivity contribution in [3.8, 4) is 0 Å². The zero-order valence-electron chi connectivity index (χ0n) is 8.92. The summed E-state index contributed by atoms with van der Waals surface area (Å²) in [6, 6.07) is 0. The molecule has 1 atom stereocenters. The van der Waals surface area contributed by atoms with Crippen LogP contribution in [0.25, 0.3) is 0 Å². The summed E-state index contributed by atoms with van der Waals surface area (Å²) in [5.74, 6) is 0. The molecule has 0 saturated heterocycles. The third-order valence-electron chi connectivity index (χ3n) is 2.14. The second kappa shape index (κ2) is 5.63. The first-order valence-corrected chi connectivity index (χ1v) is 5.95. The van der Waals surface area contributed by atoms with Gasteiger partial charge in [-0.15, -0.1) is 11.3 Å². The summed E-state index contributed by atoms with van der Waals surface area (Å²) in [5, 5.41) is 8.63. The van der Waals surface area contributed by atoms with E-state index in [-0.39, 0.29) is 0 Å². The van der Waals surface area contributed by atoms with Gasteiger partial charge in [0.2, 0.25) is 0 Å². The highest BCUT2D eigenvalue weighted by atomic mass is 32.1. The highest BCUT2D eigenvalue weighted by molar-refractivity contribution is 7.11. The first-order chi connectivity index (χ1) is 7.43. The van der Waals surface area contributed by atoms with Gasteiger partial charge in [-0.3, -0.25) is 0 Å². The number of aliphatic hydroxyl groups excluding tert-OH is 1. The standard InChI is InChI=1S/C10H14F3NOS/c1-2-3-7(15)4-5-8-6-14-9(16-8)10(11,12)13/h6-7,15H,2-5H2,1H3. The minimum Gasteiger partial charge on any atom is -0.393 e. The van der Waals surface area contributed by atoms with Gasteiger partial charge in [0.15, 0.2) is 5.01 Å². The van der Waals surface area contributed by atoms with Crippen molar-refractivity contribution in [2.45, 2.75) is 44.9 Å². The Morgan fingerprint density at radius 3 is 2.62 bits per heavy atom. The highest BCUT2D eigenvalue weighted by Gasteiger charge is 2.34. The van der Waals surface area contributed by atoms with Gasteiger partial charge in [0.25, 0.3) is 0 Å². The molecule has 1 heterocycles. The van der Waals surface area contributed by atoms with Crippen LogP contribution < -0.4 is 0 Å². The molecule has 1 unspecified atom stereocenters. The van der Waals surface area contributed by atoms with Crippen LogP contribution in [0.15, 0.2) is 6.20 Å². The van der Waals surface area contributed by atoms with E-state index in [1.54, 1.807) is 0 Å². The number of rotatable bonds is 5. The Balaban J connectivity index is 2.47. The number of alkyl halides is 3. The maximum absolute atomic E-state index is 12.2. The zero-order valence-corrected chi connectivity index (χ0v) is 9.74. The van der Waals surface area contributed by atoms with Crippen LogP contribution in [0.5, 0.6) is 0 Å². The lowest BCUT2D eigenvalue weighted by Crippen LogP contribution is -2.06. The van der Waals surface area contributed by atoms with Crippen molar-refractivity contribution < 1.29 is 18.3 Å². The zero-order chi connectivity index (χ0) is 12.2. The van der Waals surface area contributed by atoms with Crippen molar-refractivity contribution in [3.05, 3.63) is 16.1 Å². The Kier molecular flexibility index (Phi) is 4.73. The number of hydrogen-bond donors (Lipinski definition) is 1.